The second kappa shape index (κ2) is 53.4. The Bertz CT molecular complexity index is 1080. The second-order valence-corrected chi connectivity index (χ2v) is 18.9. The van der Waals surface area contributed by atoms with E-state index in [4.69, 9.17) is 4.74 Å². The van der Waals surface area contributed by atoms with E-state index in [1.54, 1.807) is 6.08 Å². The molecule has 0 aromatic heterocycles. The van der Waals surface area contributed by atoms with E-state index in [0.717, 1.165) is 70.6 Å². The summed E-state index contributed by atoms with van der Waals surface area (Å²) in [6.45, 7) is 4.85. The van der Waals surface area contributed by atoms with E-state index in [2.05, 4.69) is 55.6 Å². The fourth-order valence-electron chi connectivity index (χ4n) is 8.25. The Kier molecular flexibility index (Phi) is 51.6. The summed E-state index contributed by atoms with van der Waals surface area (Å²) in [5.74, 6) is -0.0906. The standard InChI is InChI=1S/C58H107NO5/c1-3-5-7-9-11-13-15-17-18-21-25-28-32-36-40-44-48-52-58(63)64-53-49-45-41-37-33-29-26-23-20-19-22-24-27-31-35-39-43-47-51-57(62)59-55(54-60)56(61)50-46-42-38-34-30-16-14-12-10-8-6-4-2/h11,13,17-18,22,24,46,50,55-56,60-61H,3-10,12,14-16,19-21,23,25-45,47-49,51-54H2,1-2H3,(H,59,62)/b13-11-,18-17-,24-22-,50-46+. The minimum atomic E-state index is -0.853. The van der Waals surface area contributed by atoms with Gasteiger partial charge in [-0.15, -0.1) is 0 Å². The molecule has 3 N–H and O–H groups in total. The van der Waals surface area contributed by atoms with Crippen LogP contribution in [-0.4, -0.2) is 47.4 Å². The van der Waals surface area contributed by atoms with Gasteiger partial charge in [0, 0.05) is 12.8 Å². The third kappa shape index (κ3) is 49.3. The van der Waals surface area contributed by atoms with Gasteiger partial charge in [-0.05, 0) is 89.9 Å². The van der Waals surface area contributed by atoms with Gasteiger partial charge in [-0.1, -0.05) is 229 Å². The molecule has 0 aliphatic rings. The van der Waals surface area contributed by atoms with Crippen LogP contribution in [-0.2, 0) is 14.3 Å². The maximum Gasteiger partial charge on any atom is 0.305 e. The number of carbonyl (C=O) groups excluding carboxylic acids is 2. The van der Waals surface area contributed by atoms with Gasteiger partial charge in [-0.3, -0.25) is 9.59 Å². The lowest BCUT2D eigenvalue weighted by Crippen LogP contribution is -2.45. The summed E-state index contributed by atoms with van der Waals surface area (Å²) in [5.41, 5.74) is 0. The van der Waals surface area contributed by atoms with Crippen molar-refractivity contribution in [1.29, 1.82) is 0 Å². The number of aliphatic hydroxyl groups excluding tert-OH is 2. The average molecular weight is 898 g/mol. The van der Waals surface area contributed by atoms with Gasteiger partial charge in [0.15, 0.2) is 0 Å². The molecule has 0 aromatic carbocycles. The molecule has 6 heteroatoms. The smallest absolute Gasteiger partial charge is 0.305 e. The van der Waals surface area contributed by atoms with E-state index in [0.29, 0.717) is 19.4 Å². The highest BCUT2D eigenvalue weighted by Gasteiger charge is 2.18. The molecule has 0 saturated carbocycles. The van der Waals surface area contributed by atoms with Crippen LogP contribution in [0, 0.1) is 0 Å². The first kappa shape index (κ1) is 61.8. The number of hydrogen-bond donors (Lipinski definition) is 3. The SMILES string of the molecule is CCCCC/C=C\C/C=C\CCCCCCCCCC(=O)OCCCCCCCCCCC/C=C\CCCCCCCC(=O)NC(CO)C(O)/C=C/CCCCCCCCCCCC. The van der Waals surface area contributed by atoms with Gasteiger partial charge in [-0.25, -0.2) is 0 Å². The molecule has 0 aromatic rings. The summed E-state index contributed by atoms with van der Waals surface area (Å²) in [4.78, 5) is 24.5. The number of esters is 1. The second-order valence-electron chi connectivity index (χ2n) is 18.9. The molecule has 374 valence electrons. The van der Waals surface area contributed by atoms with Gasteiger partial charge in [0.25, 0.3) is 0 Å². The molecule has 1 amide bonds. The van der Waals surface area contributed by atoms with Crippen LogP contribution in [0.3, 0.4) is 0 Å². The first-order chi connectivity index (χ1) is 31.5. The summed E-state index contributed by atoms with van der Waals surface area (Å²) < 4.78 is 5.47. The van der Waals surface area contributed by atoms with Gasteiger partial charge in [0.2, 0.25) is 5.91 Å². The van der Waals surface area contributed by atoms with Crippen molar-refractivity contribution in [2.75, 3.05) is 13.2 Å². The largest absolute Gasteiger partial charge is 0.466 e. The van der Waals surface area contributed by atoms with Crippen LogP contribution in [0.4, 0.5) is 0 Å². The Hall–Kier alpha value is -2.18. The molecule has 0 aliphatic heterocycles. The molecular weight excluding hydrogens is 791 g/mol. The molecule has 0 aliphatic carbocycles. The normalized spacial score (nSPS) is 13.0. The quantitative estimate of drug-likeness (QED) is 0.0321. The lowest BCUT2D eigenvalue weighted by molar-refractivity contribution is -0.143. The molecule has 0 radical (unpaired) electrons. The maximum atomic E-state index is 12.4. The monoisotopic (exact) mass is 898 g/mol. The van der Waals surface area contributed by atoms with Gasteiger partial charge < -0.3 is 20.3 Å². The van der Waals surface area contributed by atoms with Gasteiger partial charge >= 0.3 is 5.97 Å². The molecule has 0 bridgehead atoms. The summed E-state index contributed by atoms with van der Waals surface area (Å²) in [7, 11) is 0. The molecule has 2 atom stereocenters. The van der Waals surface area contributed by atoms with E-state index >= 15 is 0 Å². The topological polar surface area (TPSA) is 95.9 Å². The van der Waals surface area contributed by atoms with Crippen molar-refractivity contribution in [1.82, 2.24) is 5.32 Å². The van der Waals surface area contributed by atoms with E-state index in [1.807, 2.05) is 6.08 Å². The van der Waals surface area contributed by atoms with Crippen LogP contribution in [0.2, 0.25) is 0 Å². The lowest BCUT2D eigenvalue weighted by Gasteiger charge is -2.20. The third-order valence-corrected chi connectivity index (χ3v) is 12.6. The summed E-state index contributed by atoms with van der Waals surface area (Å²) in [6.07, 6.45) is 66.9. The molecule has 0 rings (SSSR count). The zero-order valence-corrected chi connectivity index (χ0v) is 42.5. The van der Waals surface area contributed by atoms with Crippen molar-refractivity contribution in [2.24, 2.45) is 0 Å². The average Bonchev–Trinajstić information content (AvgIpc) is 3.29. The van der Waals surface area contributed by atoms with Gasteiger partial charge in [0.05, 0.1) is 25.4 Å². The molecule has 64 heavy (non-hydrogen) atoms. The Labute approximate surface area is 397 Å². The fraction of sp³-hybridized carbons (Fsp3) is 0.828. The first-order valence-electron chi connectivity index (χ1n) is 27.9. The van der Waals surface area contributed by atoms with E-state index in [1.165, 1.54) is 186 Å². The van der Waals surface area contributed by atoms with Crippen molar-refractivity contribution in [3.8, 4) is 0 Å². The van der Waals surface area contributed by atoms with Gasteiger partial charge in [0.1, 0.15) is 0 Å². The fourth-order valence-corrected chi connectivity index (χ4v) is 8.25. The molecule has 6 nitrogen and oxygen atoms in total. The number of allylic oxidation sites excluding steroid dienone is 7. The van der Waals surface area contributed by atoms with Crippen molar-refractivity contribution in [3.05, 3.63) is 48.6 Å². The van der Waals surface area contributed by atoms with E-state index in [9.17, 15) is 19.8 Å². The van der Waals surface area contributed by atoms with Gasteiger partial charge in [-0.2, -0.15) is 0 Å². The molecule has 0 fully saturated rings. The van der Waals surface area contributed by atoms with Crippen LogP contribution in [0.25, 0.3) is 0 Å². The van der Waals surface area contributed by atoms with E-state index in [-0.39, 0.29) is 18.5 Å². The van der Waals surface area contributed by atoms with Crippen molar-refractivity contribution >= 4 is 11.9 Å². The van der Waals surface area contributed by atoms with E-state index < -0.39 is 12.1 Å². The van der Waals surface area contributed by atoms with Crippen LogP contribution in [0.15, 0.2) is 48.6 Å². The number of nitrogens with one attached hydrogen (secondary N) is 1. The highest BCUT2D eigenvalue weighted by molar-refractivity contribution is 5.76. The number of carbonyl (C=O) groups is 2. The molecular formula is C58H107NO5. The number of rotatable bonds is 51. The van der Waals surface area contributed by atoms with Crippen LogP contribution in [0.1, 0.15) is 284 Å². The Morgan fingerprint density at radius 3 is 1.23 bits per heavy atom. The highest BCUT2D eigenvalue weighted by Crippen LogP contribution is 2.15. The number of hydrogen-bond acceptors (Lipinski definition) is 5. The predicted octanol–water partition coefficient (Wildman–Crippen LogP) is 17.0. The Morgan fingerprint density at radius 2 is 0.781 bits per heavy atom. The minimum Gasteiger partial charge on any atom is -0.466 e. The van der Waals surface area contributed by atoms with Crippen molar-refractivity contribution in [3.63, 3.8) is 0 Å². The minimum absolute atomic E-state index is 0.00641. The number of unbranched alkanes of at least 4 members (excludes halogenated alkanes) is 34. The maximum absolute atomic E-state index is 12.4. The summed E-state index contributed by atoms with van der Waals surface area (Å²) >= 11 is 0. The zero-order valence-electron chi connectivity index (χ0n) is 42.5. The molecule has 0 heterocycles. The van der Waals surface area contributed by atoms with Crippen LogP contribution >= 0.6 is 0 Å². The molecule has 0 spiro atoms. The highest BCUT2D eigenvalue weighted by atomic mass is 16.5. The Balaban J connectivity index is 3.47. The van der Waals surface area contributed by atoms with Crippen molar-refractivity contribution < 1.29 is 24.5 Å². The zero-order chi connectivity index (χ0) is 46.5. The molecule has 0 saturated heterocycles. The number of ether oxygens (including phenoxy) is 1. The first-order valence-corrected chi connectivity index (χ1v) is 27.9. The number of amides is 1. The third-order valence-electron chi connectivity index (χ3n) is 12.6. The van der Waals surface area contributed by atoms with Crippen LogP contribution < -0.4 is 5.32 Å². The van der Waals surface area contributed by atoms with Crippen LogP contribution in [0.5, 0.6) is 0 Å². The number of aliphatic hydroxyl groups is 2. The lowest BCUT2D eigenvalue weighted by atomic mass is 10.1. The Morgan fingerprint density at radius 1 is 0.438 bits per heavy atom. The molecule has 2 unspecified atom stereocenters. The summed E-state index contributed by atoms with van der Waals surface area (Å²) in [6, 6.07) is -0.638. The summed E-state index contributed by atoms with van der Waals surface area (Å²) in [5, 5.41) is 23.0. The predicted molar refractivity (Wildman–Crippen MR) is 278 cm³/mol. The van der Waals surface area contributed by atoms with Crippen molar-refractivity contribution in [2.45, 2.75) is 296 Å².